The van der Waals surface area contributed by atoms with Gasteiger partial charge in [0.15, 0.2) is 0 Å². The van der Waals surface area contributed by atoms with Crippen LogP contribution in [0.15, 0.2) is 12.2 Å². The fourth-order valence-electron chi connectivity index (χ4n) is 0.385. The minimum Gasteiger partial charge on any atom is -0.396 e. The molecule has 0 aliphatic carbocycles. The molecule has 1 atom stereocenters. The van der Waals surface area contributed by atoms with E-state index >= 15 is 0 Å². The van der Waals surface area contributed by atoms with Crippen LogP contribution in [-0.2, 0) is 0 Å². The number of nitrogens with two attached hydrogens (primary N) is 1. The topological polar surface area (TPSA) is 46.2 Å². The molecule has 3 N–H and O–H groups in total. The molecule has 0 aliphatic heterocycles. The highest BCUT2D eigenvalue weighted by Crippen LogP contribution is 1.96. The average molecular weight is 115 g/mol. The third-order valence-electron chi connectivity index (χ3n) is 1.07. The summed E-state index contributed by atoms with van der Waals surface area (Å²) in [6.07, 6.45) is 0.620. The molecule has 0 saturated carbocycles. The molecule has 2 heteroatoms. The Kier molecular flexibility index (Phi) is 3.48. The van der Waals surface area contributed by atoms with Crippen LogP contribution in [0.25, 0.3) is 0 Å². The van der Waals surface area contributed by atoms with Gasteiger partial charge in [-0.05, 0) is 13.3 Å². The van der Waals surface area contributed by atoms with E-state index in [-0.39, 0.29) is 12.6 Å². The van der Waals surface area contributed by atoms with Crippen molar-refractivity contribution in [3.63, 3.8) is 0 Å². The van der Waals surface area contributed by atoms with Gasteiger partial charge in [0, 0.05) is 12.6 Å². The van der Waals surface area contributed by atoms with Gasteiger partial charge in [-0.25, -0.2) is 0 Å². The molecule has 0 bridgehead atoms. The van der Waals surface area contributed by atoms with Crippen LogP contribution in [0.5, 0.6) is 0 Å². The number of aliphatic hydroxyl groups is 1. The Morgan fingerprint density at radius 1 is 1.88 bits per heavy atom. The lowest BCUT2D eigenvalue weighted by atomic mass is 10.1. The van der Waals surface area contributed by atoms with Crippen LogP contribution in [-0.4, -0.2) is 17.8 Å². The summed E-state index contributed by atoms with van der Waals surface area (Å²) in [5.74, 6) is 0. The predicted molar refractivity (Wildman–Crippen MR) is 34.5 cm³/mol. The van der Waals surface area contributed by atoms with Crippen molar-refractivity contribution < 1.29 is 5.11 Å². The molecule has 0 amide bonds. The monoisotopic (exact) mass is 115 g/mol. The first-order valence-corrected chi connectivity index (χ1v) is 2.70. The van der Waals surface area contributed by atoms with Gasteiger partial charge in [0.2, 0.25) is 0 Å². The van der Waals surface area contributed by atoms with E-state index in [0.717, 1.165) is 5.57 Å². The maximum atomic E-state index is 8.36. The fraction of sp³-hybridized carbons (Fsp3) is 0.667. The molecule has 1 unspecified atom stereocenters. The first-order chi connectivity index (χ1) is 3.68. The molecule has 0 aliphatic rings. The van der Waals surface area contributed by atoms with E-state index in [1.807, 2.05) is 6.92 Å². The summed E-state index contributed by atoms with van der Waals surface area (Å²) in [4.78, 5) is 0. The minimum atomic E-state index is -0.0278. The Bertz CT molecular complexity index is 80.6. The molecule has 48 valence electrons. The highest BCUT2D eigenvalue weighted by Gasteiger charge is 1.98. The van der Waals surface area contributed by atoms with Gasteiger partial charge in [-0.1, -0.05) is 12.2 Å². The molecule has 0 heterocycles. The van der Waals surface area contributed by atoms with Gasteiger partial charge >= 0.3 is 0 Å². The van der Waals surface area contributed by atoms with Crippen molar-refractivity contribution in [2.45, 2.75) is 19.4 Å². The van der Waals surface area contributed by atoms with Crippen LogP contribution >= 0.6 is 0 Å². The zero-order valence-corrected chi connectivity index (χ0v) is 5.22. The molecule has 2 nitrogen and oxygen atoms in total. The summed E-state index contributed by atoms with van der Waals surface area (Å²) in [6, 6.07) is -0.0278. The van der Waals surface area contributed by atoms with Crippen LogP contribution < -0.4 is 5.73 Å². The molecule has 0 saturated heterocycles. The Morgan fingerprint density at radius 2 is 2.38 bits per heavy atom. The fourth-order valence-corrected chi connectivity index (χ4v) is 0.385. The summed E-state index contributed by atoms with van der Waals surface area (Å²) in [6.45, 7) is 5.65. The van der Waals surface area contributed by atoms with Crippen molar-refractivity contribution in [2.75, 3.05) is 6.61 Å². The number of hydrogen-bond donors (Lipinski definition) is 2. The molecule has 0 aromatic rings. The third-order valence-corrected chi connectivity index (χ3v) is 1.07. The standard InChI is InChI=1S/C6H13NO/c1-5(2)6(7)3-4-8/h6,8H,1,3-4,7H2,2H3. The van der Waals surface area contributed by atoms with Crippen LogP contribution in [0, 0.1) is 0 Å². The van der Waals surface area contributed by atoms with Gasteiger partial charge in [0.05, 0.1) is 0 Å². The van der Waals surface area contributed by atoms with E-state index in [0.29, 0.717) is 6.42 Å². The smallest absolute Gasteiger partial charge is 0.0448 e. The molecule has 8 heavy (non-hydrogen) atoms. The van der Waals surface area contributed by atoms with Gasteiger partial charge in [-0.3, -0.25) is 0 Å². The summed E-state index contributed by atoms with van der Waals surface area (Å²) in [5, 5.41) is 8.36. The van der Waals surface area contributed by atoms with Crippen molar-refractivity contribution in [3.8, 4) is 0 Å². The van der Waals surface area contributed by atoms with Crippen molar-refractivity contribution in [3.05, 3.63) is 12.2 Å². The second-order valence-corrected chi connectivity index (χ2v) is 1.97. The molecule has 0 aromatic heterocycles. The maximum Gasteiger partial charge on any atom is 0.0448 e. The highest BCUT2D eigenvalue weighted by molar-refractivity contribution is 4.98. The number of hydrogen-bond acceptors (Lipinski definition) is 2. The van der Waals surface area contributed by atoms with E-state index in [1.54, 1.807) is 0 Å². The van der Waals surface area contributed by atoms with Crippen LogP contribution in [0.2, 0.25) is 0 Å². The lowest BCUT2D eigenvalue weighted by Gasteiger charge is -2.06. The minimum absolute atomic E-state index is 0.0278. The first-order valence-electron chi connectivity index (χ1n) is 2.70. The van der Waals surface area contributed by atoms with E-state index in [1.165, 1.54) is 0 Å². The summed E-state index contributed by atoms with van der Waals surface area (Å²) in [7, 11) is 0. The zero-order chi connectivity index (χ0) is 6.57. The summed E-state index contributed by atoms with van der Waals surface area (Å²) < 4.78 is 0. The van der Waals surface area contributed by atoms with Crippen LogP contribution in [0.4, 0.5) is 0 Å². The van der Waals surface area contributed by atoms with Crippen molar-refractivity contribution >= 4 is 0 Å². The highest BCUT2D eigenvalue weighted by atomic mass is 16.3. The van der Waals surface area contributed by atoms with Gasteiger partial charge in [0.25, 0.3) is 0 Å². The van der Waals surface area contributed by atoms with Crippen LogP contribution in [0.3, 0.4) is 0 Å². The molecule has 0 rings (SSSR count). The third kappa shape index (κ3) is 2.77. The lowest BCUT2D eigenvalue weighted by Crippen LogP contribution is -2.21. The second-order valence-electron chi connectivity index (χ2n) is 1.97. The number of aliphatic hydroxyl groups excluding tert-OH is 1. The largest absolute Gasteiger partial charge is 0.396 e. The molecular weight excluding hydrogens is 102 g/mol. The van der Waals surface area contributed by atoms with E-state index in [2.05, 4.69) is 6.58 Å². The molecule has 0 radical (unpaired) electrons. The molecule has 0 spiro atoms. The van der Waals surface area contributed by atoms with E-state index in [9.17, 15) is 0 Å². The summed E-state index contributed by atoms with van der Waals surface area (Å²) >= 11 is 0. The zero-order valence-electron chi connectivity index (χ0n) is 5.22. The van der Waals surface area contributed by atoms with Gasteiger partial charge in [-0.2, -0.15) is 0 Å². The maximum absolute atomic E-state index is 8.36. The van der Waals surface area contributed by atoms with Gasteiger partial charge in [0.1, 0.15) is 0 Å². The average Bonchev–Trinajstić information content (AvgIpc) is 1.67. The Balaban J connectivity index is 3.32. The van der Waals surface area contributed by atoms with Crippen molar-refractivity contribution in [2.24, 2.45) is 5.73 Å². The Labute approximate surface area is 50.0 Å². The van der Waals surface area contributed by atoms with E-state index in [4.69, 9.17) is 10.8 Å². The molecular formula is C6H13NO. The van der Waals surface area contributed by atoms with E-state index < -0.39 is 0 Å². The first kappa shape index (κ1) is 7.66. The van der Waals surface area contributed by atoms with Gasteiger partial charge < -0.3 is 10.8 Å². The van der Waals surface area contributed by atoms with Gasteiger partial charge in [-0.15, -0.1) is 0 Å². The predicted octanol–water partition coefficient (Wildman–Crippen LogP) is 0.272. The SMILES string of the molecule is C=C(C)C(N)CCO. The van der Waals surface area contributed by atoms with Crippen molar-refractivity contribution in [1.82, 2.24) is 0 Å². The normalized spacial score (nSPS) is 13.4. The molecule has 0 aromatic carbocycles. The second kappa shape index (κ2) is 3.64. The Hall–Kier alpha value is -0.340. The Morgan fingerprint density at radius 3 is 2.50 bits per heavy atom. The number of rotatable bonds is 3. The molecule has 0 fully saturated rings. The quantitative estimate of drug-likeness (QED) is 0.519. The lowest BCUT2D eigenvalue weighted by molar-refractivity contribution is 0.281. The summed E-state index contributed by atoms with van der Waals surface area (Å²) in [5.41, 5.74) is 6.40. The van der Waals surface area contributed by atoms with Crippen LogP contribution in [0.1, 0.15) is 13.3 Å². The van der Waals surface area contributed by atoms with Crippen molar-refractivity contribution in [1.29, 1.82) is 0 Å².